The topological polar surface area (TPSA) is 74.3 Å². The summed E-state index contributed by atoms with van der Waals surface area (Å²) in [5.74, 6) is -1.12. The van der Waals surface area contributed by atoms with E-state index >= 15 is 0 Å². The van der Waals surface area contributed by atoms with E-state index in [2.05, 4.69) is 15.6 Å². The Morgan fingerprint density at radius 2 is 1.83 bits per heavy atom. The third-order valence-electron chi connectivity index (χ3n) is 3.20. The van der Waals surface area contributed by atoms with Gasteiger partial charge in [0.1, 0.15) is 11.5 Å². The van der Waals surface area contributed by atoms with E-state index in [-0.39, 0.29) is 17.4 Å². The van der Waals surface area contributed by atoms with Gasteiger partial charge in [0.05, 0.1) is 0 Å². The fourth-order valence-corrected chi connectivity index (χ4v) is 1.92. The number of amides is 2. The molecule has 1 aromatic heterocycles. The zero-order valence-electron chi connectivity index (χ0n) is 13.5. The van der Waals surface area contributed by atoms with Crippen molar-refractivity contribution in [2.75, 3.05) is 32.5 Å². The van der Waals surface area contributed by atoms with Crippen molar-refractivity contribution in [1.82, 2.24) is 15.2 Å². The number of hydrogen-bond donors (Lipinski definition) is 2. The number of hydrogen-bond acceptors (Lipinski definition) is 4. The van der Waals surface area contributed by atoms with Crippen molar-refractivity contribution in [3.63, 3.8) is 0 Å². The number of anilines is 1. The Hall–Kier alpha value is -2.80. The number of pyridine rings is 1. The largest absolute Gasteiger partial charge is 0.349 e. The molecule has 0 aliphatic rings. The summed E-state index contributed by atoms with van der Waals surface area (Å²) < 4.78 is 12.9. The average molecular weight is 330 g/mol. The molecule has 6 nitrogen and oxygen atoms in total. The molecule has 0 saturated heterocycles. The van der Waals surface area contributed by atoms with Gasteiger partial charge in [-0.15, -0.1) is 0 Å². The van der Waals surface area contributed by atoms with E-state index in [9.17, 15) is 14.0 Å². The van der Waals surface area contributed by atoms with Crippen LogP contribution in [0.4, 0.5) is 10.1 Å². The summed E-state index contributed by atoms with van der Waals surface area (Å²) in [5, 5.41) is 5.37. The molecule has 126 valence electrons. The second kappa shape index (κ2) is 8.16. The van der Waals surface area contributed by atoms with Crippen LogP contribution in [0.2, 0.25) is 0 Å². The summed E-state index contributed by atoms with van der Waals surface area (Å²) in [6, 6.07) is 8.36. The Balaban J connectivity index is 2.02. The summed E-state index contributed by atoms with van der Waals surface area (Å²) in [4.78, 5) is 30.2. The predicted molar refractivity (Wildman–Crippen MR) is 89.5 cm³/mol. The Morgan fingerprint density at radius 3 is 2.50 bits per heavy atom. The molecule has 0 radical (unpaired) electrons. The zero-order chi connectivity index (χ0) is 17.5. The molecule has 2 amide bonds. The third kappa shape index (κ3) is 5.13. The van der Waals surface area contributed by atoms with Gasteiger partial charge in [0, 0.05) is 30.5 Å². The lowest BCUT2D eigenvalue weighted by molar-refractivity contribution is 0.0946. The molecule has 0 aliphatic carbocycles. The second-order valence-electron chi connectivity index (χ2n) is 5.45. The number of nitrogens with one attached hydrogen (secondary N) is 2. The SMILES string of the molecule is CN(C)CCNC(=O)c1cc(C(=O)Nc2ccc(F)cc2)ccn1. The molecule has 24 heavy (non-hydrogen) atoms. The van der Waals surface area contributed by atoms with Gasteiger partial charge < -0.3 is 15.5 Å². The van der Waals surface area contributed by atoms with Crippen LogP contribution in [0, 0.1) is 5.82 Å². The monoisotopic (exact) mass is 330 g/mol. The number of halogens is 1. The first-order valence-corrected chi connectivity index (χ1v) is 7.41. The van der Waals surface area contributed by atoms with Crippen LogP contribution >= 0.6 is 0 Å². The van der Waals surface area contributed by atoms with Crippen LogP contribution in [0.15, 0.2) is 42.6 Å². The van der Waals surface area contributed by atoms with E-state index in [0.29, 0.717) is 24.3 Å². The molecule has 2 rings (SSSR count). The van der Waals surface area contributed by atoms with Crippen LogP contribution in [0.1, 0.15) is 20.8 Å². The molecule has 7 heteroatoms. The quantitative estimate of drug-likeness (QED) is 0.846. The molecular formula is C17H19FN4O2. The molecule has 0 unspecified atom stereocenters. The highest BCUT2D eigenvalue weighted by molar-refractivity contribution is 6.05. The highest BCUT2D eigenvalue weighted by atomic mass is 19.1. The normalized spacial score (nSPS) is 10.5. The van der Waals surface area contributed by atoms with E-state index in [1.807, 2.05) is 19.0 Å². The van der Waals surface area contributed by atoms with Crippen LogP contribution in [0.25, 0.3) is 0 Å². The standard InChI is InChI=1S/C17H19FN4O2/c1-22(2)10-9-20-17(24)15-11-12(7-8-19-15)16(23)21-14-5-3-13(18)4-6-14/h3-8,11H,9-10H2,1-2H3,(H,20,24)(H,21,23). The summed E-state index contributed by atoms with van der Waals surface area (Å²) >= 11 is 0. The van der Waals surface area contributed by atoms with Crippen molar-refractivity contribution < 1.29 is 14.0 Å². The van der Waals surface area contributed by atoms with E-state index in [0.717, 1.165) is 0 Å². The number of aromatic nitrogens is 1. The van der Waals surface area contributed by atoms with E-state index < -0.39 is 5.91 Å². The lowest BCUT2D eigenvalue weighted by atomic mass is 10.2. The maximum Gasteiger partial charge on any atom is 0.269 e. The van der Waals surface area contributed by atoms with Gasteiger partial charge in [-0.25, -0.2) is 4.39 Å². The van der Waals surface area contributed by atoms with Gasteiger partial charge in [-0.1, -0.05) is 0 Å². The molecule has 0 fully saturated rings. The van der Waals surface area contributed by atoms with Crippen molar-refractivity contribution in [3.05, 3.63) is 59.7 Å². The highest BCUT2D eigenvalue weighted by Crippen LogP contribution is 2.11. The maximum absolute atomic E-state index is 12.9. The Labute approximate surface area is 139 Å². The van der Waals surface area contributed by atoms with Crippen molar-refractivity contribution in [2.45, 2.75) is 0 Å². The summed E-state index contributed by atoms with van der Waals surface area (Å²) in [7, 11) is 3.82. The van der Waals surface area contributed by atoms with Gasteiger partial charge in [0.15, 0.2) is 0 Å². The average Bonchev–Trinajstić information content (AvgIpc) is 2.56. The van der Waals surface area contributed by atoms with Gasteiger partial charge in [-0.2, -0.15) is 0 Å². The van der Waals surface area contributed by atoms with Gasteiger partial charge in [-0.05, 0) is 50.5 Å². The van der Waals surface area contributed by atoms with Gasteiger partial charge in [0.2, 0.25) is 0 Å². The first kappa shape index (κ1) is 17.6. The molecule has 0 aliphatic heterocycles. The number of likely N-dealkylation sites (N-methyl/N-ethyl adjacent to an activating group) is 1. The summed E-state index contributed by atoms with van der Waals surface area (Å²) in [6.07, 6.45) is 1.40. The predicted octanol–water partition coefficient (Wildman–Crippen LogP) is 1.76. The van der Waals surface area contributed by atoms with E-state index in [1.165, 1.54) is 42.6 Å². The third-order valence-corrected chi connectivity index (χ3v) is 3.20. The van der Waals surface area contributed by atoms with Crippen LogP contribution in [-0.2, 0) is 0 Å². The number of nitrogens with zero attached hydrogens (tertiary/aromatic N) is 2. The molecule has 0 saturated carbocycles. The van der Waals surface area contributed by atoms with E-state index in [4.69, 9.17) is 0 Å². The van der Waals surface area contributed by atoms with Crippen molar-refractivity contribution in [1.29, 1.82) is 0 Å². The Morgan fingerprint density at radius 1 is 1.12 bits per heavy atom. The first-order valence-electron chi connectivity index (χ1n) is 7.41. The van der Waals surface area contributed by atoms with Gasteiger partial charge in [-0.3, -0.25) is 14.6 Å². The molecule has 2 N–H and O–H groups in total. The van der Waals surface area contributed by atoms with Crippen LogP contribution in [0.3, 0.4) is 0 Å². The van der Waals surface area contributed by atoms with Crippen LogP contribution in [0.5, 0.6) is 0 Å². The molecule has 0 bridgehead atoms. The van der Waals surface area contributed by atoms with Crippen molar-refractivity contribution in [2.24, 2.45) is 0 Å². The Kier molecular flexibility index (Phi) is 5.97. The minimum Gasteiger partial charge on any atom is -0.349 e. The molecule has 1 heterocycles. The number of carbonyl (C=O) groups excluding carboxylic acids is 2. The fraction of sp³-hybridized carbons (Fsp3) is 0.235. The number of carbonyl (C=O) groups is 2. The van der Waals surface area contributed by atoms with E-state index in [1.54, 1.807) is 0 Å². The lowest BCUT2D eigenvalue weighted by Crippen LogP contribution is -2.32. The second-order valence-corrected chi connectivity index (χ2v) is 5.45. The van der Waals surface area contributed by atoms with Gasteiger partial charge >= 0.3 is 0 Å². The minimum absolute atomic E-state index is 0.167. The fourth-order valence-electron chi connectivity index (χ4n) is 1.92. The van der Waals surface area contributed by atoms with Crippen LogP contribution in [-0.4, -0.2) is 48.9 Å². The molecule has 0 atom stereocenters. The lowest BCUT2D eigenvalue weighted by Gasteiger charge is -2.10. The smallest absolute Gasteiger partial charge is 0.269 e. The number of benzene rings is 1. The maximum atomic E-state index is 12.9. The molecule has 0 spiro atoms. The molecule has 2 aromatic rings. The minimum atomic E-state index is -0.397. The van der Waals surface area contributed by atoms with Crippen molar-refractivity contribution in [3.8, 4) is 0 Å². The molecular weight excluding hydrogens is 311 g/mol. The molecule has 1 aromatic carbocycles. The van der Waals surface area contributed by atoms with Crippen LogP contribution < -0.4 is 10.6 Å². The van der Waals surface area contributed by atoms with Crippen molar-refractivity contribution >= 4 is 17.5 Å². The zero-order valence-corrected chi connectivity index (χ0v) is 13.5. The summed E-state index contributed by atoms with van der Waals surface area (Å²) in [5.41, 5.74) is 0.933. The number of rotatable bonds is 6. The highest BCUT2D eigenvalue weighted by Gasteiger charge is 2.12. The van der Waals surface area contributed by atoms with Gasteiger partial charge in [0.25, 0.3) is 11.8 Å². The Bertz CT molecular complexity index is 717. The summed E-state index contributed by atoms with van der Waals surface area (Å²) in [6.45, 7) is 1.19. The first-order chi connectivity index (χ1) is 11.5.